The number of nitrogens with zero attached hydrogens (tertiary/aromatic N) is 2. The van der Waals surface area contributed by atoms with Gasteiger partial charge in [0.2, 0.25) is 0 Å². The van der Waals surface area contributed by atoms with Crippen LogP contribution < -0.4 is 5.32 Å². The maximum atomic E-state index is 10.6. The largest absolute Gasteiger partial charge is 0.382 e. The van der Waals surface area contributed by atoms with Crippen LogP contribution in [-0.4, -0.2) is 11.0 Å². The molecular weight excluding hydrogens is 230 g/mol. The van der Waals surface area contributed by atoms with E-state index in [0.717, 1.165) is 12.8 Å². The van der Waals surface area contributed by atoms with Gasteiger partial charge >= 0.3 is 0 Å². The number of nitro groups is 1. The lowest BCUT2D eigenvalue weighted by Crippen LogP contribution is -2.15. The van der Waals surface area contributed by atoms with Gasteiger partial charge in [0.1, 0.15) is 6.07 Å². The van der Waals surface area contributed by atoms with E-state index in [1.54, 1.807) is 6.07 Å². The van der Waals surface area contributed by atoms with E-state index in [9.17, 15) is 10.1 Å². The molecule has 0 saturated carbocycles. The number of hydrogen-bond acceptors (Lipinski definition) is 4. The molecule has 18 heavy (non-hydrogen) atoms. The molecule has 0 radical (unpaired) electrons. The van der Waals surface area contributed by atoms with Crippen LogP contribution in [0.3, 0.4) is 0 Å². The minimum Gasteiger partial charge on any atom is -0.382 e. The van der Waals surface area contributed by atoms with Crippen LogP contribution in [0.25, 0.3) is 0 Å². The fourth-order valence-electron chi connectivity index (χ4n) is 1.57. The van der Waals surface area contributed by atoms with Crippen LogP contribution in [0.1, 0.15) is 25.3 Å². The third-order valence-corrected chi connectivity index (χ3v) is 2.54. The van der Waals surface area contributed by atoms with E-state index in [-0.39, 0.29) is 17.3 Å². The summed E-state index contributed by atoms with van der Waals surface area (Å²) in [4.78, 5) is 10.1. The number of anilines is 1. The first-order valence-electron chi connectivity index (χ1n) is 5.64. The molecule has 94 valence electrons. The summed E-state index contributed by atoms with van der Waals surface area (Å²) >= 11 is 0. The van der Waals surface area contributed by atoms with Crippen LogP contribution in [-0.2, 0) is 0 Å². The average molecular weight is 245 g/mol. The van der Waals surface area contributed by atoms with Crippen LogP contribution >= 0.6 is 0 Å². The van der Waals surface area contributed by atoms with Gasteiger partial charge in [-0.15, -0.1) is 6.58 Å². The molecule has 1 aromatic carbocycles. The Hall–Kier alpha value is -2.35. The summed E-state index contributed by atoms with van der Waals surface area (Å²) in [6.45, 7) is 5.64. The van der Waals surface area contributed by atoms with Crippen LogP contribution in [0.2, 0.25) is 0 Å². The second-order valence-electron chi connectivity index (χ2n) is 4.01. The molecule has 1 unspecified atom stereocenters. The molecule has 0 spiro atoms. The van der Waals surface area contributed by atoms with Crippen molar-refractivity contribution in [3.05, 3.63) is 46.5 Å². The number of rotatable bonds is 6. The number of allylic oxidation sites excluding steroid dienone is 1. The van der Waals surface area contributed by atoms with E-state index in [2.05, 4.69) is 11.9 Å². The van der Waals surface area contributed by atoms with E-state index in [0.29, 0.717) is 5.69 Å². The molecular formula is C13H15N3O2. The zero-order chi connectivity index (χ0) is 13.5. The van der Waals surface area contributed by atoms with Crippen molar-refractivity contribution in [2.45, 2.75) is 25.8 Å². The highest BCUT2D eigenvalue weighted by atomic mass is 16.6. The van der Waals surface area contributed by atoms with Gasteiger partial charge < -0.3 is 5.32 Å². The van der Waals surface area contributed by atoms with Crippen molar-refractivity contribution < 1.29 is 4.92 Å². The third-order valence-electron chi connectivity index (χ3n) is 2.54. The molecule has 0 aliphatic heterocycles. The molecule has 0 bridgehead atoms. The summed E-state index contributed by atoms with van der Waals surface area (Å²) < 4.78 is 0. The van der Waals surface area contributed by atoms with Crippen molar-refractivity contribution in [3.63, 3.8) is 0 Å². The molecule has 0 aliphatic carbocycles. The van der Waals surface area contributed by atoms with Gasteiger partial charge in [0.15, 0.2) is 0 Å². The van der Waals surface area contributed by atoms with E-state index in [4.69, 9.17) is 5.26 Å². The summed E-state index contributed by atoms with van der Waals surface area (Å²) in [5, 5.41) is 22.8. The van der Waals surface area contributed by atoms with E-state index < -0.39 is 4.92 Å². The van der Waals surface area contributed by atoms with Crippen molar-refractivity contribution in [3.8, 4) is 6.07 Å². The van der Waals surface area contributed by atoms with Crippen molar-refractivity contribution in [1.29, 1.82) is 5.26 Å². The Bertz CT molecular complexity index is 491. The fraction of sp³-hybridized carbons (Fsp3) is 0.308. The van der Waals surface area contributed by atoms with E-state index in [1.165, 1.54) is 12.1 Å². The van der Waals surface area contributed by atoms with Crippen LogP contribution in [0.15, 0.2) is 30.9 Å². The summed E-state index contributed by atoms with van der Waals surface area (Å²) in [6.07, 6.45) is 3.60. The van der Waals surface area contributed by atoms with Gasteiger partial charge in [0.25, 0.3) is 5.69 Å². The normalized spacial score (nSPS) is 11.3. The maximum Gasteiger partial charge on any atom is 0.270 e. The lowest BCUT2D eigenvalue weighted by atomic mass is 10.1. The summed E-state index contributed by atoms with van der Waals surface area (Å²) in [5.41, 5.74) is 0.838. The van der Waals surface area contributed by atoms with Crippen molar-refractivity contribution in [2.24, 2.45) is 0 Å². The van der Waals surface area contributed by atoms with Gasteiger partial charge in [-0.3, -0.25) is 10.1 Å². The topological polar surface area (TPSA) is 79.0 Å². The Kier molecular flexibility index (Phi) is 4.88. The molecule has 0 heterocycles. The predicted octanol–water partition coefficient (Wildman–Crippen LogP) is 3.23. The summed E-state index contributed by atoms with van der Waals surface area (Å²) in [5.74, 6) is 0. The highest BCUT2D eigenvalue weighted by Crippen LogP contribution is 2.22. The monoisotopic (exact) mass is 245 g/mol. The Morgan fingerprint density at radius 1 is 1.67 bits per heavy atom. The lowest BCUT2D eigenvalue weighted by Gasteiger charge is -2.15. The van der Waals surface area contributed by atoms with Crippen LogP contribution in [0.5, 0.6) is 0 Å². The van der Waals surface area contributed by atoms with E-state index >= 15 is 0 Å². The van der Waals surface area contributed by atoms with Crippen LogP contribution in [0.4, 0.5) is 11.4 Å². The van der Waals surface area contributed by atoms with Crippen molar-refractivity contribution in [2.75, 3.05) is 5.32 Å². The summed E-state index contributed by atoms with van der Waals surface area (Å²) in [6, 6.07) is 6.39. The maximum absolute atomic E-state index is 10.6. The van der Waals surface area contributed by atoms with Gasteiger partial charge in [0, 0.05) is 18.2 Å². The smallest absolute Gasteiger partial charge is 0.270 e. The van der Waals surface area contributed by atoms with Gasteiger partial charge in [-0.2, -0.15) is 5.26 Å². The minimum absolute atomic E-state index is 0.0733. The number of non-ortho nitro benzene ring substituents is 1. The molecule has 0 aromatic heterocycles. The first kappa shape index (κ1) is 13.7. The molecule has 0 aliphatic rings. The molecule has 1 atom stereocenters. The molecule has 0 saturated heterocycles. The Morgan fingerprint density at radius 3 is 2.94 bits per heavy atom. The molecule has 1 rings (SSSR count). The third kappa shape index (κ3) is 3.59. The highest BCUT2D eigenvalue weighted by molar-refractivity contribution is 5.61. The number of nitriles is 1. The number of nitro benzene ring substituents is 1. The number of hydrogen-bond donors (Lipinski definition) is 1. The standard InChI is InChI=1S/C13H15N3O2/c1-3-4-5-10(2)15-13-7-6-12(16(17)18)8-11(13)9-14/h3,6-8,10,15H,1,4-5H2,2H3. The molecule has 5 heteroatoms. The SMILES string of the molecule is C=CCCC(C)Nc1ccc([N+](=O)[O-])cc1C#N. The van der Waals surface area contributed by atoms with Crippen molar-refractivity contribution in [1.82, 2.24) is 0 Å². The van der Waals surface area contributed by atoms with Crippen molar-refractivity contribution >= 4 is 11.4 Å². The number of nitrogens with one attached hydrogen (secondary N) is 1. The number of benzene rings is 1. The van der Waals surface area contributed by atoms with Crippen LogP contribution in [0, 0.1) is 21.4 Å². The molecule has 0 amide bonds. The van der Waals surface area contributed by atoms with Gasteiger partial charge in [-0.05, 0) is 25.8 Å². The highest BCUT2D eigenvalue weighted by Gasteiger charge is 2.11. The predicted molar refractivity (Wildman–Crippen MR) is 70.3 cm³/mol. The quantitative estimate of drug-likeness (QED) is 0.474. The second kappa shape index (κ2) is 6.40. The lowest BCUT2D eigenvalue weighted by molar-refractivity contribution is -0.384. The molecule has 1 aromatic rings. The molecule has 0 fully saturated rings. The Balaban J connectivity index is 2.86. The zero-order valence-corrected chi connectivity index (χ0v) is 10.2. The Morgan fingerprint density at radius 2 is 2.39 bits per heavy atom. The first-order chi connectivity index (χ1) is 8.58. The molecule has 1 N–H and O–H groups in total. The summed E-state index contributed by atoms with van der Waals surface area (Å²) in [7, 11) is 0. The van der Waals surface area contributed by atoms with Gasteiger partial charge in [-0.25, -0.2) is 0 Å². The minimum atomic E-state index is -0.508. The average Bonchev–Trinajstić information content (AvgIpc) is 2.36. The first-order valence-corrected chi connectivity index (χ1v) is 5.64. The fourth-order valence-corrected chi connectivity index (χ4v) is 1.57. The van der Waals surface area contributed by atoms with Gasteiger partial charge in [0.05, 0.1) is 16.2 Å². The molecule has 5 nitrogen and oxygen atoms in total. The Labute approximate surface area is 106 Å². The second-order valence-corrected chi connectivity index (χ2v) is 4.01. The van der Waals surface area contributed by atoms with Gasteiger partial charge in [-0.1, -0.05) is 6.08 Å². The van der Waals surface area contributed by atoms with E-state index in [1.807, 2.05) is 19.1 Å². The zero-order valence-electron chi connectivity index (χ0n) is 10.2.